The Kier molecular flexibility index (Phi) is 5.44. The summed E-state index contributed by atoms with van der Waals surface area (Å²) in [6.45, 7) is 12.3. The predicted octanol–water partition coefficient (Wildman–Crippen LogP) is 5.29. The molecule has 0 heterocycles. The highest BCUT2D eigenvalue weighted by Crippen LogP contribution is 2.36. The Hall–Kier alpha value is -0.313. The zero-order valence-corrected chi connectivity index (χ0v) is 14.0. The summed E-state index contributed by atoms with van der Waals surface area (Å²) in [6, 6.07) is 8.08. The third kappa shape index (κ3) is 4.75. The molecule has 0 atom stereocenters. The van der Waals surface area contributed by atoms with E-state index in [1.165, 1.54) is 5.56 Å². The lowest BCUT2D eigenvalue weighted by Crippen LogP contribution is -2.41. The van der Waals surface area contributed by atoms with E-state index in [0.717, 1.165) is 24.5 Å². The molecule has 0 aliphatic heterocycles. The Labute approximate surface area is 118 Å². The molecule has 0 unspecified atom stereocenters. The molecule has 1 aromatic carbocycles. The molecule has 0 amide bonds. The van der Waals surface area contributed by atoms with Crippen LogP contribution in [-0.4, -0.2) is 14.9 Å². The summed E-state index contributed by atoms with van der Waals surface area (Å²) in [7, 11) is -1.58. The summed E-state index contributed by atoms with van der Waals surface area (Å²) in [5.74, 6) is 0. The molecule has 1 nitrogen and oxygen atoms in total. The van der Waals surface area contributed by atoms with Crippen molar-refractivity contribution in [1.29, 1.82) is 0 Å². The van der Waals surface area contributed by atoms with Crippen molar-refractivity contribution in [3.63, 3.8) is 0 Å². The van der Waals surface area contributed by atoms with Crippen molar-refractivity contribution in [2.24, 2.45) is 0 Å². The first-order valence-corrected chi connectivity index (χ1v) is 9.89. The zero-order chi connectivity index (χ0) is 13.8. The molecule has 0 aliphatic carbocycles. The van der Waals surface area contributed by atoms with Crippen LogP contribution in [0, 0.1) is 0 Å². The van der Waals surface area contributed by atoms with E-state index in [0.29, 0.717) is 5.04 Å². The van der Waals surface area contributed by atoms with Gasteiger partial charge in [0.2, 0.25) is 0 Å². The molecule has 0 saturated carbocycles. The quantitative estimate of drug-likeness (QED) is 0.527. The van der Waals surface area contributed by atoms with Crippen LogP contribution in [0.4, 0.5) is 0 Å². The molecule has 0 saturated heterocycles. The van der Waals surface area contributed by atoms with Gasteiger partial charge in [-0.2, -0.15) is 0 Å². The largest absolute Gasteiger partial charge is 0.417 e. The Morgan fingerprint density at radius 1 is 1.22 bits per heavy atom. The van der Waals surface area contributed by atoms with Gasteiger partial charge in [0, 0.05) is 11.6 Å². The van der Waals surface area contributed by atoms with Crippen LogP contribution in [0.25, 0.3) is 0 Å². The van der Waals surface area contributed by atoms with E-state index in [1.807, 2.05) is 18.2 Å². The first-order valence-electron chi connectivity index (χ1n) is 6.61. The summed E-state index contributed by atoms with van der Waals surface area (Å²) in [6.07, 6.45) is 2.10. The number of hydrogen-bond donors (Lipinski definition) is 0. The summed E-state index contributed by atoms with van der Waals surface area (Å²) in [4.78, 5) is 0. The fourth-order valence-electron chi connectivity index (χ4n) is 1.51. The Bertz CT molecular complexity index is 382. The van der Waals surface area contributed by atoms with Crippen LogP contribution >= 0.6 is 11.6 Å². The number of hydrogen-bond acceptors (Lipinski definition) is 1. The van der Waals surface area contributed by atoms with Crippen molar-refractivity contribution in [1.82, 2.24) is 0 Å². The molecule has 0 N–H and O–H groups in total. The van der Waals surface area contributed by atoms with E-state index in [1.54, 1.807) is 0 Å². The number of halogens is 1. The molecule has 18 heavy (non-hydrogen) atoms. The minimum Gasteiger partial charge on any atom is -0.417 e. The third-order valence-corrected chi connectivity index (χ3v) is 8.54. The first-order chi connectivity index (χ1) is 8.22. The summed E-state index contributed by atoms with van der Waals surface area (Å²) < 4.78 is 6.15. The topological polar surface area (TPSA) is 9.23 Å². The lowest BCUT2D eigenvalue weighted by atomic mass is 10.1. The fourth-order valence-corrected chi connectivity index (χ4v) is 2.81. The van der Waals surface area contributed by atoms with Gasteiger partial charge in [-0.05, 0) is 48.7 Å². The second kappa shape index (κ2) is 6.22. The molecular weight excluding hydrogens is 260 g/mol. The van der Waals surface area contributed by atoms with E-state index in [9.17, 15) is 0 Å². The van der Waals surface area contributed by atoms with Gasteiger partial charge in [-0.3, -0.25) is 0 Å². The van der Waals surface area contributed by atoms with Crippen molar-refractivity contribution in [2.75, 3.05) is 6.61 Å². The highest BCUT2D eigenvalue weighted by molar-refractivity contribution is 6.74. The molecule has 3 heteroatoms. The third-order valence-electron chi connectivity index (χ3n) is 3.77. The molecule has 1 aromatic rings. The zero-order valence-electron chi connectivity index (χ0n) is 12.2. The van der Waals surface area contributed by atoms with Gasteiger partial charge in [0.1, 0.15) is 0 Å². The molecule has 1 rings (SSSR count). The van der Waals surface area contributed by atoms with Crippen molar-refractivity contribution in [3.8, 4) is 0 Å². The van der Waals surface area contributed by atoms with Gasteiger partial charge in [0.15, 0.2) is 8.32 Å². The standard InChI is InChI=1S/C15H25ClOSi/c1-15(2,3)18(4,5)17-11-7-9-13-8-6-10-14(16)12-13/h6,8,10,12H,7,9,11H2,1-5H3. The van der Waals surface area contributed by atoms with Gasteiger partial charge in [-0.25, -0.2) is 0 Å². The van der Waals surface area contributed by atoms with Crippen molar-refractivity contribution < 1.29 is 4.43 Å². The molecule has 0 fully saturated rings. The molecule has 0 spiro atoms. The van der Waals surface area contributed by atoms with Crippen LogP contribution in [0.2, 0.25) is 23.2 Å². The van der Waals surface area contributed by atoms with Crippen molar-refractivity contribution >= 4 is 19.9 Å². The van der Waals surface area contributed by atoms with Crippen LogP contribution in [0.1, 0.15) is 32.8 Å². The SMILES string of the molecule is CC(C)(C)[Si](C)(C)OCCCc1cccc(Cl)c1. The smallest absolute Gasteiger partial charge is 0.191 e. The maximum absolute atomic E-state index is 6.15. The van der Waals surface area contributed by atoms with Crippen LogP contribution in [0.3, 0.4) is 0 Å². The Morgan fingerprint density at radius 3 is 2.44 bits per heavy atom. The van der Waals surface area contributed by atoms with E-state index < -0.39 is 8.32 Å². The Morgan fingerprint density at radius 2 is 1.89 bits per heavy atom. The maximum Gasteiger partial charge on any atom is 0.191 e. The molecule has 0 aliphatic rings. The van der Waals surface area contributed by atoms with Gasteiger partial charge in [0.05, 0.1) is 0 Å². The number of aryl methyl sites for hydroxylation is 1. The first kappa shape index (κ1) is 15.7. The predicted molar refractivity (Wildman–Crippen MR) is 82.9 cm³/mol. The van der Waals surface area contributed by atoms with Crippen molar-refractivity contribution in [3.05, 3.63) is 34.9 Å². The number of benzene rings is 1. The number of rotatable bonds is 5. The van der Waals surface area contributed by atoms with Crippen LogP contribution < -0.4 is 0 Å². The minimum absolute atomic E-state index is 0.295. The summed E-state index contributed by atoms with van der Waals surface area (Å²) >= 11 is 5.97. The Balaban J connectivity index is 2.35. The van der Waals surface area contributed by atoms with Crippen LogP contribution in [-0.2, 0) is 10.8 Å². The van der Waals surface area contributed by atoms with E-state index in [-0.39, 0.29) is 0 Å². The van der Waals surface area contributed by atoms with E-state index >= 15 is 0 Å². The van der Waals surface area contributed by atoms with Crippen molar-refractivity contribution in [2.45, 2.75) is 51.7 Å². The van der Waals surface area contributed by atoms with Gasteiger partial charge >= 0.3 is 0 Å². The average molecular weight is 285 g/mol. The minimum atomic E-state index is -1.58. The fraction of sp³-hybridized carbons (Fsp3) is 0.600. The molecular formula is C15H25ClOSi. The second-order valence-corrected chi connectivity index (χ2v) is 11.6. The van der Waals surface area contributed by atoms with Gasteiger partial charge < -0.3 is 4.43 Å². The molecule has 102 valence electrons. The van der Waals surface area contributed by atoms with Crippen LogP contribution in [0.5, 0.6) is 0 Å². The average Bonchev–Trinajstić information content (AvgIpc) is 2.23. The van der Waals surface area contributed by atoms with Gasteiger partial charge in [0.25, 0.3) is 0 Å². The van der Waals surface area contributed by atoms with E-state index in [2.05, 4.69) is 39.9 Å². The lowest BCUT2D eigenvalue weighted by Gasteiger charge is -2.36. The maximum atomic E-state index is 6.15. The molecule has 0 aromatic heterocycles. The van der Waals surface area contributed by atoms with Crippen LogP contribution in [0.15, 0.2) is 24.3 Å². The normalized spacial score (nSPS) is 12.8. The highest BCUT2D eigenvalue weighted by Gasteiger charge is 2.36. The van der Waals surface area contributed by atoms with E-state index in [4.69, 9.17) is 16.0 Å². The lowest BCUT2D eigenvalue weighted by molar-refractivity contribution is 0.282. The molecule has 0 radical (unpaired) electrons. The summed E-state index contributed by atoms with van der Waals surface area (Å²) in [5.41, 5.74) is 1.29. The second-order valence-electron chi connectivity index (χ2n) is 6.34. The van der Waals surface area contributed by atoms with Gasteiger partial charge in [-0.1, -0.05) is 44.5 Å². The van der Waals surface area contributed by atoms with Gasteiger partial charge in [-0.15, -0.1) is 0 Å². The summed E-state index contributed by atoms with van der Waals surface area (Å²) in [5, 5.41) is 1.11. The molecule has 0 bridgehead atoms. The highest BCUT2D eigenvalue weighted by atomic mass is 35.5. The monoisotopic (exact) mass is 284 g/mol.